The van der Waals surface area contributed by atoms with Gasteiger partial charge in [-0.2, -0.15) is 30.0 Å². The van der Waals surface area contributed by atoms with E-state index in [2.05, 4.69) is 15.4 Å². The number of amides is 1. The molecule has 2 aromatic heterocycles. The van der Waals surface area contributed by atoms with Crippen molar-refractivity contribution in [3.05, 3.63) is 47.9 Å². The monoisotopic (exact) mass is 436 g/mol. The van der Waals surface area contributed by atoms with E-state index in [1.165, 1.54) is 13.2 Å². The van der Waals surface area contributed by atoms with Crippen LogP contribution in [0.3, 0.4) is 0 Å². The molecule has 0 radical (unpaired) electrons. The Morgan fingerprint density at radius 3 is 2.73 bits per heavy atom. The van der Waals surface area contributed by atoms with Gasteiger partial charge in [0, 0.05) is 17.6 Å². The highest BCUT2D eigenvalue weighted by Crippen LogP contribution is 2.33. The molecule has 0 atom stereocenters. The first kappa shape index (κ1) is 20.5. The molecule has 1 aromatic carbocycles. The summed E-state index contributed by atoms with van der Waals surface area (Å²) < 4.78 is 46.0. The second-order valence-electron chi connectivity index (χ2n) is 6.92. The maximum Gasteiger partial charge on any atom is 0.433 e. The number of nitrogens with zero attached hydrogens (tertiary/aromatic N) is 3. The fraction of sp³-hybridized carbons (Fsp3) is 0.350. The van der Waals surface area contributed by atoms with Crippen molar-refractivity contribution >= 4 is 34.3 Å². The summed E-state index contributed by atoms with van der Waals surface area (Å²) in [4.78, 5) is 16.0. The SMILES string of the molecule is COc1cc2nn(C3CCSCC3)cc2cc1NC(=O)c1cccc(C(F)(F)F)n1. The minimum atomic E-state index is -4.63. The number of carbonyl (C=O) groups is 1. The van der Waals surface area contributed by atoms with Crippen LogP contribution in [0.25, 0.3) is 10.9 Å². The number of nitrogens with one attached hydrogen (secondary N) is 1. The van der Waals surface area contributed by atoms with Crippen molar-refractivity contribution in [1.82, 2.24) is 14.8 Å². The highest BCUT2D eigenvalue weighted by atomic mass is 32.2. The van der Waals surface area contributed by atoms with Crippen LogP contribution in [-0.4, -0.2) is 39.3 Å². The molecule has 1 N–H and O–H groups in total. The third-order valence-electron chi connectivity index (χ3n) is 4.93. The quantitative estimate of drug-likeness (QED) is 0.638. The maximum atomic E-state index is 12.9. The number of hydrogen-bond donors (Lipinski definition) is 1. The first-order valence-corrected chi connectivity index (χ1v) is 10.5. The average Bonchev–Trinajstić information content (AvgIpc) is 3.16. The minimum absolute atomic E-state index is 0.331. The fourth-order valence-corrected chi connectivity index (χ4v) is 4.46. The number of halogens is 3. The number of methoxy groups -OCH3 is 1. The summed E-state index contributed by atoms with van der Waals surface area (Å²) in [5.74, 6) is 1.80. The molecule has 0 saturated carbocycles. The van der Waals surface area contributed by atoms with Crippen LogP contribution in [0.15, 0.2) is 36.5 Å². The van der Waals surface area contributed by atoms with E-state index in [1.807, 2.05) is 22.6 Å². The van der Waals surface area contributed by atoms with Crippen molar-refractivity contribution in [3.63, 3.8) is 0 Å². The highest BCUT2D eigenvalue weighted by molar-refractivity contribution is 7.99. The van der Waals surface area contributed by atoms with Crippen LogP contribution in [0.2, 0.25) is 0 Å². The van der Waals surface area contributed by atoms with Gasteiger partial charge in [0.15, 0.2) is 0 Å². The van der Waals surface area contributed by atoms with Gasteiger partial charge >= 0.3 is 6.18 Å². The molecule has 3 heterocycles. The average molecular weight is 436 g/mol. The van der Waals surface area contributed by atoms with Gasteiger partial charge in [-0.15, -0.1) is 0 Å². The van der Waals surface area contributed by atoms with Crippen LogP contribution in [0, 0.1) is 0 Å². The van der Waals surface area contributed by atoms with Crippen LogP contribution in [-0.2, 0) is 6.18 Å². The van der Waals surface area contributed by atoms with Crippen molar-refractivity contribution in [3.8, 4) is 5.75 Å². The molecule has 1 fully saturated rings. The van der Waals surface area contributed by atoms with E-state index >= 15 is 0 Å². The smallest absolute Gasteiger partial charge is 0.433 e. The predicted octanol–water partition coefficient (Wildman–Crippen LogP) is 4.78. The van der Waals surface area contributed by atoms with Crippen LogP contribution < -0.4 is 10.1 Å². The van der Waals surface area contributed by atoms with Gasteiger partial charge in [0.2, 0.25) is 0 Å². The van der Waals surface area contributed by atoms with E-state index < -0.39 is 17.8 Å². The first-order valence-electron chi connectivity index (χ1n) is 9.35. The normalized spacial score (nSPS) is 15.3. The summed E-state index contributed by atoms with van der Waals surface area (Å²) in [6.07, 6.45) is -0.617. The van der Waals surface area contributed by atoms with Gasteiger partial charge in [-0.3, -0.25) is 9.48 Å². The summed E-state index contributed by atoms with van der Waals surface area (Å²) >= 11 is 1.93. The van der Waals surface area contributed by atoms with Gasteiger partial charge in [-0.05, 0) is 42.5 Å². The Bertz CT molecular complexity index is 1080. The Kier molecular flexibility index (Phi) is 5.59. The van der Waals surface area contributed by atoms with E-state index in [9.17, 15) is 18.0 Å². The van der Waals surface area contributed by atoms with Crippen molar-refractivity contribution < 1.29 is 22.7 Å². The second-order valence-corrected chi connectivity index (χ2v) is 8.15. The lowest BCUT2D eigenvalue weighted by Crippen LogP contribution is -2.17. The van der Waals surface area contributed by atoms with E-state index in [-0.39, 0.29) is 5.69 Å². The zero-order valence-electron chi connectivity index (χ0n) is 16.1. The highest BCUT2D eigenvalue weighted by Gasteiger charge is 2.33. The van der Waals surface area contributed by atoms with Crippen molar-refractivity contribution in [2.45, 2.75) is 25.1 Å². The predicted molar refractivity (Wildman–Crippen MR) is 109 cm³/mol. The Morgan fingerprint density at radius 1 is 1.27 bits per heavy atom. The zero-order chi connectivity index (χ0) is 21.3. The number of aromatic nitrogens is 3. The molecule has 1 amide bonds. The summed E-state index contributed by atoms with van der Waals surface area (Å²) in [5, 5.41) is 8.05. The molecule has 4 rings (SSSR count). The zero-order valence-corrected chi connectivity index (χ0v) is 16.9. The third-order valence-corrected chi connectivity index (χ3v) is 5.98. The van der Waals surface area contributed by atoms with E-state index in [1.54, 1.807) is 12.1 Å². The number of rotatable bonds is 4. The molecule has 0 aliphatic carbocycles. The largest absolute Gasteiger partial charge is 0.494 e. The van der Waals surface area contributed by atoms with Gasteiger partial charge < -0.3 is 10.1 Å². The second kappa shape index (κ2) is 8.17. The van der Waals surface area contributed by atoms with Crippen molar-refractivity contribution in [1.29, 1.82) is 0 Å². The van der Waals surface area contributed by atoms with Crippen LogP contribution in [0.4, 0.5) is 18.9 Å². The Morgan fingerprint density at radius 2 is 2.03 bits per heavy atom. The molecule has 1 saturated heterocycles. The van der Waals surface area contributed by atoms with Gasteiger partial charge in [-0.1, -0.05) is 6.07 Å². The molecule has 6 nitrogen and oxygen atoms in total. The van der Waals surface area contributed by atoms with E-state index in [0.29, 0.717) is 17.5 Å². The van der Waals surface area contributed by atoms with E-state index in [0.717, 1.165) is 47.4 Å². The number of carbonyl (C=O) groups excluding carboxylic acids is 1. The lowest BCUT2D eigenvalue weighted by Gasteiger charge is -2.21. The number of pyridine rings is 1. The number of hydrogen-bond acceptors (Lipinski definition) is 5. The lowest BCUT2D eigenvalue weighted by atomic mass is 10.1. The Balaban J connectivity index is 1.62. The molecule has 158 valence electrons. The van der Waals surface area contributed by atoms with Crippen LogP contribution in [0.5, 0.6) is 5.75 Å². The number of anilines is 1. The molecular weight excluding hydrogens is 417 g/mol. The topological polar surface area (TPSA) is 69.0 Å². The first-order chi connectivity index (χ1) is 14.3. The molecule has 0 spiro atoms. The standard InChI is InChI=1S/C20H19F3N4O2S/c1-29-17-10-15-12(11-27(26-15)13-5-7-30-8-6-13)9-16(17)25-19(28)14-3-2-4-18(24-14)20(21,22)23/h2-4,9-11,13H,5-8H2,1H3,(H,25,28). The number of thioether (sulfide) groups is 1. The molecule has 0 unspecified atom stereocenters. The molecule has 1 aliphatic heterocycles. The van der Waals surface area contributed by atoms with Crippen LogP contribution in [0.1, 0.15) is 35.1 Å². The lowest BCUT2D eigenvalue weighted by molar-refractivity contribution is -0.141. The number of alkyl halides is 3. The van der Waals surface area contributed by atoms with Crippen molar-refractivity contribution in [2.75, 3.05) is 23.9 Å². The molecule has 3 aromatic rings. The van der Waals surface area contributed by atoms with Gasteiger partial charge in [0.25, 0.3) is 5.91 Å². The van der Waals surface area contributed by atoms with Gasteiger partial charge in [0.05, 0.1) is 24.4 Å². The Hall–Kier alpha value is -2.75. The summed E-state index contributed by atoms with van der Waals surface area (Å²) in [6.45, 7) is 0. The summed E-state index contributed by atoms with van der Waals surface area (Å²) in [6, 6.07) is 6.95. The summed E-state index contributed by atoms with van der Waals surface area (Å²) in [7, 11) is 1.45. The molecular formula is C20H19F3N4O2S. The van der Waals surface area contributed by atoms with Crippen molar-refractivity contribution in [2.24, 2.45) is 0 Å². The fourth-order valence-electron chi connectivity index (χ4n) is 3.38. The third kappa shape index (κ3) is 4.23. The Labute approximate surface area is 174 Å². The molecule has 1 aliphatic rings. The molecule has 30 heavy (non-hydrogen) atoms. The van der Waals surface area contributed by atoms with Gasteiger partial charge in [-0.25, -0.2) is 4.98 Å². The maximum absolute atomic E-state index is 12.9. The summed E-state index contributed by atoms with van der Waals surface area (Å²) in [5.41, 5.74) is -0.389. The molecule has 0 bridgehead atoms. The number of fused-ring (bicyclic) bond motifs is 1. The molecule has 10 heteroatoms. The number of benzene rings is 1. The number of ether oxygens (including phenoxy) is 1. The minimum Gasteiger partial charge on any atom is -0.494 e. The van der Waals surface area contributed by atoms with Gasteiger partial charge in [0.1, 0.15) is 17.1 Å². The van der Waals surface area contributed by atoms with Crippen LogP contribution >= 0.6 is 11.8 Å². The van der Waals surface area contributed by atoms with E-state index in [4.69, 9.17) is 4.74 Å².